The van der Waals surface area contributed by atoms with Crippen LogP contribution in [0.2, 0.25) is 0 Å². The van der Waals surface area contributed by atoms with E-state index in [-0.39, 0.29) is 17.7 Å². The molecule has 0 N–H and O–H groups in total. The predicted molar refractivity (Wildman–Crippen MR) is 84.1 cm³/mol. The van der Waals surface area contributed by atoms with Gasteiger partial charge in [-0.1, -0.05) is 29.3 Å². The molecule has 0 heterocycles. The van der Waals surface area contributed by atoms with Crippen LogP contribution in [-0.2, 0) is 14.6 Å². The summed E-state index contributed by atoms with van der Waals surface area (Å²) in [6.45, 7) is 3.31. The Labute approximate surface area is 139 Å². The monoisotopic (exact) mass is 360 g/mol. The van der Waals surface area contributed by atoms with Crippen molar-refractivity contribution in [3.05, 3.63) is 41.5 Å². The summed E-state index contributed by atoms with van der Waals surface area (Å²) in [5.74, 6) is -4.93. The minimum absolute atomic E-state index is 0.0425. The minimum Gasteiger partial charge on any atom is -0.298 e. The molecule has 0 bridgehead atoms. The maximum atomic E-state index is 13.3. The molecule has 0 aliphatic heterocycles. The molecule has 3 nitrogen and oxygen atoms in total. The van der Waals surface area contributed by atoms with Crippen LogP contribution in [-0.4, -0.2) is 26.1 Å². The van der Waals surface area contributed by atoms with Gasteiger partial charge in [0.15, 0.2) is 15.6 Å². The average molecular weight is 360 g/mol. The van der Waals surface area contributed by atoms with Crippen molar-refractivity contribution in [1.29, 1.82) is 0 Å². The van der Waals surface area contributed by atoms with Crippen LogP contribution in [0.3, 0.4) is 0 Å². The van der Waals surface area contributed by atoms with E-state index in [1.165, 1.54) is 24.3 Å². The van der Waals surface area contributed by atoms with Crippen LogP contribution in [0, 0.1) is 11.8 Å². The lowest BCUT2D eigenvalue weighted by atomic mass is 9.74. The van der Waals surface area contributed by atoms with Crippen molar-refractivity contribution in [2.75, 3.05) is 5.75 Å². The summed E-state index contributed by atoms with van der Waals surface area (Å²) in [7, 11) is -3.94. The molecular formula is C17H19F3O3S. The number of sulfone groups is 1. The second-order valence-electron chi connectivity index (χ2n) is 6.26. The molecule has 0 amide bonds. The number of rotatable bonds is 4. The summed E-state index contributed by atoms with van der Waals surface area (Å²) in [4.78, 5) is 12.3. The summed E-state index contributed by atoms with van der Waals surface area (Å²) in [5, 5.41) is 0. The van der Waals surface area contributed by atoms with Crippen LogP contribution >= 0.6 is 0 Å². The molecule has 2 atom stereocenters. The third-order valence-electron chi connectivity index (χ3n) is 4.54. The largest absolute Gasteiger partial charge is 0.392 e. The Balaban J connectivity index is 2.27. The van der Waals surface area contributed by atoms with Crippen molar-refractivity contribution < 1.29 is 26.4 Å². The molecule has 7 heteroatoms. The van der Waals surface area contributed by atoms with Crippen molar-refractivity contribution in [2.24, 2.45) is 11.8 Å². The second kappa shape index (κ2) is 6.70. The highest BCUT2D eigenvalue weighted by molar-refractivity contribution is 7.92. The molecule has 24 heavy (non-hydrogen) atoms. The van der Waals surface area contributed by atoms with E-state index in [1.54, 1.807) is 19.9 Å². The lowest BCUT2D eigenvalue weighted by Crippen LogP contribution is -2.39. The Morgan fingerprint density at radius 1 is 1.08 bits per heavy atom. The SMILES string of the molecule is CC1=C(C)C[C@H](C(F)(F)F)[C@@H](C(=O)CS(=O)(=O)c2ccccc2)C1. The van der Waals surface area contributed by atoms with Gasteiger partial charge >= 0.3 is 6.18 Å². The highest BCUT2D eigenvalue weighted by atomic mass is 32.2. The van der Waals surface area contributed by atoms with Gasteiger partial charge in [0, 0.05) is 5.92 Å². The fourth-order valence-electron chi connectivity index (χ4n) is 2.98. The molecule has 0 unspecified atom stereocenters. The van der Waals surface area contributed by atoms with Gasteiger partial charge in [-0.05, 0) is 38.8 Å². The third kappa shape index (κ3) is 4.06. The van der Waals surface area contributed by atoms with E-state index in [0.717, 1.165) is 5.57 Å². The Kier molecular flexibility index (Phi) is 5.22. The minimum atomic E-state index is -4.53. The molecule has 1 aliphatic rings. The molecular weight excluding hydrogens is 341 g/mol. The number of carbonyl (C=O) groups is 1. The maximum absolute atomic E-state index is 13.3. The number of benzene rings is 1. The first-order chi connectivity index (χ1) is 11.0. The predicted octanol–water partition coefficient (Wildman–Crippen LogP) is 3.95. The first-order valence-electron chi connectivity index (χ1n) is 7.55. The first-order valence-corrected chi connectivity index (χ1v) is 9.20. The van der Waals surface area contributed by atoms with Crippen LogP contribution in [0.15, 0.2) is 46.4 Å². The van der Waals surface area contributed by atoms with Crippen molar-refractivity contribution >= 4 is 15.6 Å². The summed E-state index contributed by atoms with van der Waals surface area (Å²) in [5.41, 5.74) is 1.35. The van der Waals surface area contributed by atoms with E-state index in [0.29, 0.717) is 5.57 Å². The molecule has 1 aromatic carbocycles. The van der Waals surface area contributed by atoms with E-state index < -0.39 is 39.4 Å². The fraction of sp³-hybridized carbons (Fsp3) is 0.471. The maximum Gasteiger partial charge on any atom is 0.392 e. The van der Waals surface area contributed by atoms with Crippen molar-refractivity contribution in [2.45, 2.75) is 37.8 Å². The first kappa shape index (κ1) is 18.7. The van der Waals surface area contributed by atoms with Gasteiger partial charge in [-0.25, -0.2) is 8.42 Å². The lowest BCUT2D eigenvalue weighted by Gasteiger charge is -2.33. The van der Waals surface area contributed by atoms with Crippen LogP contribution in [0.4, 0.5) is 13.2 Å². The van der Waals surface area contributed by atoms with Crippen LogP contribution in [0.5, 0.6) is 0 Å². The third-order valence-corrected chi connectivity index (χ3v) is 6.19. The number of halogens is 3. The standard InChI is InChI=1S/C17H19F3O3S/c1-11-8-14(15(9-12(11)2)17(18,19)20)16(21)10-24(22,23)13-6-4-3-5-7-13/h3-7,14-15H,8-10H2,1-2H3/t14-,15-/m0/s1. The van der Waals surface area contributed by atoms with Gasteiger partial charge in [0.2, 0.25) is 0 Å². The van der Waals surface area contributed by atoms with Gasteiger partial charge in [0.1, 0.15) is 5.75 Å². The van der Waals surface area contributed by atoms with Gasteiger partial charge in [-0.3, -0.25) is 4.79 Å². The molecule has 1 aliphatic carbocycles. The Bertz CT molecular complexity index is 749. The van der Waals surface area contributed by atoms with Crippen LogP contribution < -0.4 is 0 Å². The van der Waals surface area contributed by atoms with E-state index in [9.17, 15) is 26.4 Å². The topological polar surface area (TPSA) is 51.2 Å². The normalized spacial score (nSPS) is 22.5. The smallest absolute Gasteiger partial charge is 0.298 e. The quantitative estimate of drug-likeness (QED) is 0.764. The summed E-state index contributed by atoms with van der Waals surface area (Å²) in [6, 6.07) is 7.30. The number of hydrogen-bond acceptors (Lipinski definition) is 3. The number of alkyl halides is 3. The molecule has 0 fully saturated rings. The van der Waals surface area contributed by atoms with E-state index >= 15 is 0 Å². The van der Waals surface area contributed by atoms with Crippen LogP contribution in [0.1, 0.15) is 26.7 Å². The molecule has 0 aromatic heterocycles. The molecule has 1 aromatic rings. The zero-order chi connectivity index (χ0) is 18.1. The molecule has 0 saturated heterocycles. The molecule has 132 valence electrons. The summed E-state index contributed by atoms with van der Waals surface area (Å²) >= 11 is 0. The highest BCUT2D eigenvalue weighted by Crippen LogP contribution is 2.44. The number of carbonyl (C=O) groups excluding carboxylic acids is 1. The van der Waals surface area contributed by atoms with Gasteiger partial charge in [0.05, 0.1) is 10.8 Å². The van der Waals surface area contributed by atoms with Gasteiger partial charge < -0.3 is 0 Å². The molecule has 2 rings (SSSR count). The zero-order valence-corrected chi connectivity index (χ0v) is 14.2. The lowest BCUT2D eigenvalue weighted by molar-refractivity contribution is -0.191. The summed E-state index contributed by atoms with van der Waals surface area (Å²) in [6.07, 6.45) is -4.82. The van der Waals surface area contributed by atoms with Crippen molar-refractivity contribution in [3.8, 4) is 0 Å². The Hall–Kier alpha value is -1.63. The van der Waals surface area contributed by atoms with E-state index in [1.807, 2.05) is 0 Å². The van der Waals surface area contributed by atoms with Crippen molar-refractivity contribution in [3.63, 3.8) is 0 Å². The van der Waals surface area contributed by atoms with Gasteiger partial charge in [-0.2, -0.15) is 13.2 Å². The number of Topliss-reactive ketones (excluding diaryl/α,β-unsaturated/α-hetero) is 1. The fourth-order valence-corrected chi connectivity index (χ4v) is 4.31. The second-order valence-corrected chi connectivity index (χ2v) is 8.25. The zero-order valence-electron chi connectivity index (χ0n) is 13.4. The van der Waals surface area contributed by atoms with Crippen LogP contribution in [0.25, 0.3) is 0 Å². The molecule has 0 radical (unpaired) electrons. The van der Waals surface area contributed by atoms with E-state index in [2.05, 4.69) is 0 Å². The molecule has 0 spiro atoms. The summed E-state index contributed by atoms with van der Waals surface area (Å²) < 4.78 is 64.4. The Morgan fingerprint density at radius 3 is 2.17 bits per heavy atom. The molecule has 0 saturated carbocycles. The van der Waals surface area contributed by atoms with Crippen molar-refractivity contribution in [1.82, 2.24) is 0 Å². The average Bonchev–Trinajstić information content (AvgIpc) is 2.49. The van der Waals surface area contributed by atoms with Gasteiger partial charge in [0.25, 0.3) is 0 Å². The highest BCUT2D eigenvalue weighted by Gasteiger charge is 2.49. The Morgan fingerprint density at radius 2 is 1.62 bits per heavy atom. The number of hydrogen-bond donors (Lipinski definition) is 0. The number of ketones is 1. The van der Waals surface area contributed by atoms with Gasteiger partial charge in [-0.15, -0.1) is 0 Å². The number of allylic oxidation sites excluding steroid dienone is 2. The van der Waals surface area contributed by atoms with E-state index in [4.69, 9.17) is 0 Å².